The largest absolute Gasteiger partial charge is 0.481 e. The van der Waals surface area contributed by atoms with Gasteiger partial charge in [-0.05, 0) is 25.2 Å². The van der Waals surface area contributed by atoms with Crippen molar-refractivity contribution < 1.29 is 23.1 Å². The van der Waals surface area contributed by atoms with E-state index in [-0.39, 0.29) is 19.3 Å². The van der Waals surface area contributed by atoms with E-state index in [1.165, 1.54) is 0 Å². The first kappa shape index (κ1) is 11.3. The summed E-state index contributed by atoms with van der Waals surface area (Å²) in [5.41, 5.74) is 0. The molecule has 1 rings (SSSR count). The van der Waals surface area contributed by atoms with E-state index in [0.29, 0.717) is 12.8 Å². The van der Waals surface area contributed by atoms with Crippen LogP contribution in [0, 0.1) is 11.8 Å². The molecule has 2 nitrogen and oxygen atoms in total. The average molecular weight is 210 g/mol. The van der Waals surface area contributed by atoms with Gasteiger partial charge >= 0.3 is 12.1 Å². The van der Waals surface area contributed by atoms with Crippen LogP contribution in [0.4, 0.5) is 13.2 Å². The Labute approximate surface area is 80.1 Å². The quantitative estimate of drug-likeness (QED) is 0.777. The van der Waals surface area contributed by atoms with Crippen LogP contribution < -0.4 is 0 Å². The van der Waals surface area contributed by atoms with Gasteiger partial charge in [0.2, 0.25) is 0 Å². The van der Waals surface area contributed by atoms with Gasteiger partial charge in [-0.1, -0.05) is 6.42 Å². The van der Waals surface area contributed by atoms with Crippen molar-refractivity contribution in [1.29, 1.82) is 0 Å². The molecule has 0 spiro atoms. The Bertz CT molecular complexity index is 213. The van der Waals surface area contributed by atoms with Crippen molar-refractivity contribution >= 4 is 5.97 Å². The number of carboxylic acid groups (broad SMARTS) is 1. The fraction of sp³-hybridized carbons (Fsp3) is 0.889. The van der Waals surface area contributed by atoms with Crippen LogP contribution in [0.3, 0.4) is 0 Å². The second-order valence-corrected chi connectivity index (χ2v) is 3.77. The van der Waals surface area contributed by atoms with Gasteiger partial charge in [-0.2, -0.15) is 13.2 Å². The highest BCUT2D eigenvalue weighted by atomic mass is 19.4. The summed E-state index contributed by atoms with van der Waals surface area (Å²) in [5, 5.41) is 8.38. The summed E-state index contributed by atoms with van der Waals surface area (Å²) in [6, 6.07) is 0. The molecule has 0 amide bonds. The van der Waals surface area contributed by atoms with Gasteiger partial charge in [0, 0.05) is 6.42 Å². The first-order valence-electron chi connectivity index (χ1n) is 4.69. The van der Waals surface area contributed by atoms with Gasteiger partial charge in [0.1, 0.15) is 0 Å². The Morgan fingerprint density at radius 2 is 2.00 bits per heavy atom. The maximum absolute atomic E-state index is 12.4. The number of halogens is 3. The number of carboxylic acids is 1. The monoisotopic (exact) mass is 210 g/mol. The van der Waals surface area contributed by atoms with Crippen LogP contribution in [0.5, 0.6) is 0 Å². The molecule has 82 valence electrons. The van der Waals surface area contributed by atoms with E-state index in [4.69, 9.17) is 5.11 Å². The van der Waals surface area contributed by atoms with Crippen LogP contribution >= 0.6 is 0 Å². The van der Waals surface area contributed by atoms with E-state index < -0.39 is 24.0 Å². The minimum Gasteiger partial charge on any atom is -0.481 e. The minimum atomic E-state index is -4.15. The number of carbonyl (C=O) groups is 1. The van der Waals surface area contributed by atoms with Crippen LogP contribution in [0.1, 0.15) is 32.1 Å². The summed E-state index contributed by atoms with van der Waals surface area (Å²) in [6.45, 7) is 0. The highest BCUT2D eigenvalue weighted by Crippen LogP contribution is 2.44. The van der Waals surface area contributed by atoms with Gasteiger partial charge in [0.05, 0.1) is 5.92 Å². The topological polar surface area (TPSA) is 37.3 Å². The van der Waals surface area contributed by atoms with E-state index >= 15 is 0 Å². The zero-order chi connectivity index (χ0) is 10.8. The zero-order valence-electron chi connectivity index (χ0n) is 7.68. The SMILES string of the molecule is O=C(O)CCC1CCCC1C(F)(F)F. The van der Waals surface area contributed by atoms with Gasteiger partial charge in [-0.3, -0.25) is 4.79 Å². The summed E-state index contributed by atoms with van der Waals surface area (Å²) in [4.78, 5) is 10.2. The molecular formula is C9H13F3O2. The smallest absolute Gasteiger partial charge is 0.392 e. The van der Waals surface area contributed by atoms with Gasteiger partial charge in [-0.25, -0.2) is 0 Å². The third-order valence-corrected chi connectivity index (χ3v) is 2.81. The highest BCUT2D eigenvalue weighted by molar-refractivity contribution is 5.66. The molecule has 0 aromatic heterocycles. The molecule has 2 atom stereocenters. The lowest BCUT2D eigenvalue weighted by molar-refractivity contribution is -0.184. The molecule has 0 radical (unpaired) electrons. The molecule has 0 aromatic carbocycles. The molecule has 0 bridgehead atoms. The van der Waals surface area contributed by atoms with Gasteiger partial charge in [0.15, 0.2) is 0 Å². The van der Waals surface area contributed by atoms with Crippen LogP contribution in [-0.2, 0) is 4.79 Å². The average Bonchev–Trinajstić information content (AvgIpc) is 2.46. The highest BCUT2D eigenvalue weighted by Gasteiger charge is 2.46. The van der Waals surface area contributed by atoms with Crippen molar-refractivity contribution in [3.05, 3.63) is 0 Å². The Hall–Kier alpha value is -0.740. The van der Waals surface area contributed by atoms with E-state index in [1.807, 2.05) is 0 Å². The summed E-state index contributed by atoms with van der Waals surface area (Å²) in [6.07, 6.45) is -2.92. The van der Waals surface area contributed by atoms with E-state index in [1.54, 1.807) is 0 Å². The van der Waals surface area contributed by atoms with Crippen LogP contribution in [0.2, 0.25) is 0 Å². The molecule has 0 aliphatic heterocycles. The van der Waals surface area contributed by atoms with Crippen molar-refractivity contribution in [3.63, 3.8) is 0 Å². The summed E-state index contributed by atoms with van der Waals surface area (Å²) in [7, 11) is 0. The van der Waals surface area contributed by atoms with E-state index in [9.17, 15) is 18.0 Å². The molecule has 1 aliphatic rings. The molecule has 1 saturated carbocycles. The van der Waals surface area contributed by atoms with E-state index in [0.717, 1.165) is 0 Å². The lowest BCUT2D eigenvalue weighted by Gasteiger charge is -2.21. The first-order valence-corrected chi connectivity index (χ1v) is 4.69. The zero-order valence-corrected chi connectivity index (χ0v) is 7.68. The fourth-order valence-electron chi connectivity index (χ4n) is 2.12. The van der Waals surface area contributed by atoms with Crippen LogP contribution in [0.15, 0.2) is 0 Å². The minimum absolute atomic E-state index is 0.152. The predicted octanol–water partition coefficient (Wildman–Crippen LogP) is 2.83. The molecule has 0 heterocycles. The van der Waals surface area contributed by atoms with Crippen molar-refractivity contribution in [1.82, 2.24) is 0 Å². The number of hydrogen-bond acceptors (Lipinski definition) is 1. The summed E-state index contributed by atoms with van der Waals surface area (Å²) < 4.78 is 37.2. The standard InChI is InChI=1S/C9H13F3O2/c10-9(11,12)7-3-1-2-6(7)4-5-8(13)14/h6-7H,1-5H2,(H,13,14). The number of hydrogen-bond donors (Lipinski definition) is 1. The van der Waals surface area contributed by atoms with Crippen LogP contribution in [0.25, 0.3) is 0 Å². The molecule has 14 heavy (non-hydrogen) atoms. The molecule has 0 aromatic rings. The third-order valence-electron chi connectivity index (χ3n) is 2.81. The molecule has 2 unspecified atom stereocenters. The maximum Gasteiger partial charge on any atom is 0.392 e. The Balaban J connectivity index is 2.47. The first-order chi connectivity index (χ1) is 6.41. The second-order valence-electron chi connectivity index (χ2n) is 3.77. The van der Waals surface area contributed by atoms with Crippen molar-refractivity contribution in [3.8, 4) is 0 Å². The van der Waals surface area contributed by atoms with Crippen LogP contribution in [-0.4, -0.2) is 17.3 Å². The molecule has 1 N–H and O–H groups in total. The Kier molecular flexibility index (Phi) is 3.39. The summed E-state index contributed by atoms with van der Waals surface area (Å²) in [5.74, 6) is -2.77. The number of aliphatic carboxylic acids is 1. The van der Waals surface area contributed by atoms with Gasteiger partial charge in [-0.15, -0.1) is 0 Å². The van der Waals surface area contributed by atoms with Gasteiger partial charge in [0.25, 0.3) is 0 Å². The molecule has 1 fully saturated rings. The fourth-order valence-corrected chi connectivity index (χ4v) is 2.12. The second kappa shape index (κ2) is 4.19. The molecule has 1 aliphatic carbocycles. The maximum atomic E-state index is 12.4. The third kappa shape index (κ3) is 2.89. The molecular weight excluding hydrogens is 197 g/mol. The molecule has 5 heteroatoms. The normalized spacial score (nSPS) is 27.9. The van der Waals surface area contributed by atoms with Crippen molar-refractivity contribution in [2.75, 3.05) is 0 Å². The lowest BCUT2D eigenvalue weighted by Crippen LogP contribution is -2.26. The Morgan fingerprint density at radius 3 is 2.50 bits per heavy atom. The van der Waals surface area contributed by atoms with Crippen molar-refractivity contribution in [2.45, 2.75) is 38.3 Å². The number of alkyl halides is 3. The Morgan fingerprint density at radius 1 is 1.36 bits per heavy atom. The van der Waals surface area contributed by atoms with E-state index in [2.05, 4.69) is 0 Å². The van der Waals surface area contributed by atoms with Gasteiger partial charge < -0.3 is 5.11 Å². The summed E-state index contributed by atoms with van der Waals surface area (Å²) >= 11 is 0. The lowest BCUT2D eigenvalue weighted by atomic mass is 9.91. The van der Waals surface area contributed by atoms with Crippen molar-refractivity contribution in [2.24, 2.45) is 11.8 Å². The molecule has 0 saturated heterocycles. The number of rotatable bonds is 3. The predicted molar refractivity (Wildman–Crippen MR) is 43.8 cm³/mol.